The Balaban J connectivity index is 1.08. The van der Waals surface area contributed by atoms with Gasteiger partial charge in [-0.2, -0.15) is 0 Å². The minimum atomic E-state index is 0.609. The molecular weight excluding hydrogens is 859 g/mol. The minimum absolute atomic E-state index is 0.609. The largest absolute Gasteiger partial charge is 0.309 e. The molecule has 4 heterocycles. The molecule has 0 amide bonds. The van der Waals surface area contributed by atoms with Crippen molar-refractivity contribution in [2.45, 2.75) is 0 Å². The normalized spacial score (nSPS) is 12.1. The van der Waals surface area contributed by atoms with Gasteiger partial charge in [-0.3, -0.25) is 0 Å². The summed E-state index contributed by atoms with van der Waals surface area (Å²) in [5, 5.41) is 14.2. The van der Waals surface area contributed by atoms with E-state index in [1.165, 1.54) is 52.5 Å². The smallest absolute Gasteiger partial charge is 0.166 e. The first-order chi connectivity index (χ1) is 34.2. The number of fused-ring (bicyclic) bond motifs is 13. The summed E-state index contributed by atoms with van der Waals surface area (Å²) < 4.78 is 7.24. The molecule has 69 heavy (non-hydrogen) atoms. The zero-order valence-corrected chi connectivity index (χ0v) is 37.8. The summed E-state index contributed by atoms with van der Waals surface area (Å²) in [5.41, 5.74) is 9.38. The predicted molar refractivity (Wildman–Crippen MR) is 290 cm³/mol. The van der Waals surface area contributed by atoms with E-state index in [0.717, 1.165) is 71.7 Å². The maximum absolute atomic E-state index is 5.65. The quantitative estimate of drug-likeness (QED) is 0.173. The van der Waals surface area contributed by atoms with Gasteiger partial charge < -0.3 is 9.13 Å². The van der Waals surface area contributed by atoms with Crippen molar-refractivity contribution in [1.82, 2.24) is 24.1 Å². The second-order valence-electron chi connectivity index (χ2n) is 18.0. The van der Waals surface area contributed by atoms with Gasteiger partial charge in [0, 0.05) is 64.1 Å². The van der Waals surface area contributed by atoms with E-state index in [9.17, 15) is 0 Å². The summed E-state index contributed by atoms with van der Waals surface area (Å²) >= 11 is 1.81. The van der Waals surface area contributed by atoms with Crippen LogP contribution in [-0.4, -0.2) is 24.1 Å². The fraction of sp³-hybridized carbons (Fsp3) is 0. The van der Waals surface area contributed by atoms with Crippen LogP contribution in [0, 0.1) is 0 Å². The van der Waals surface area contributed by atoms with Crippen molar-refractivity contribution in [3.05, 3.63) is 224 Å². The van der Waals surface area contributed by atoms with Crippen LogP contribution in [0.3, 0.4) is 0 Å². The Hall–Kier alpha value is -8.97. The van der Waals surface area contributed by atoms with Crippen LogP contribution < -0.4 is 0 Å². The molecule has 0 saturated heterocycles. The van der Waals surface area contributed by atoms with E-state index in [-0.39, 0.29) is 0 Å². The third-order valence-electron chi connectivity index (χ3n) is 14.1. The van der Waals surface area contributed by atoms with Gasteiger partial charge in [0.15, 0.2) is 17.5 Å². The summed E-state index contributed by atoms with van der Waals surface area (Å²) in [7, 11) is 0. The van der Waals surface area contributed by atoms with Crippen LogP contribution in [0.4, 0.5) is 0 Å². The topological polar surface area (TPSA) is 48.5 Å². The van der Waals surface area contributed by atoms with Gasteiger partial charge in [-0.25, -0.2) is 15.0 Å². The van der Waals surface area contributed by atoms with Gasteiger partial charge in [0.2, 0.25) is 0 Å². The Morgan fingerprint density at radius 3 is 1.77 bits per heavy atom. The number of aromatic nitrogens is 5. The van der Waals surface area contributed by atoms with E-state index in [1.807, 2.05) is 11.3 Å². The maximum atomic E-state index is 5.65. The Morgan fingerprint density at radius 1 is 0.304 bits per heavy atom. The zero-order chi connectivity index (χ0) is 45.2. The van der Waals surface area contributed by atoms with Crippen LogP contribution in [0.25, 0.3) is 142 Å². The van der Waals surface area contributed by atoms with Gasteiger partial charge in [-0.15, -0.1) is 11.3 Å². The van der Waals surface area contributed by atoms with E-state index >= 15 is 0 Å². The third kappa shape index (κ3) is 5.79. The lowest BCUT2D eigenvalue weighted by molar-refractivity contribution is 1.07. The fourth-order valence-corrected chi connectivity index (χ4v) is 12.1. The van der Waals surface area contributed by atoms with Gasteiger partial charge >= 0.3 is 0 Å². The number of thiophene rings is 1. The first-order valence-corrected chi connectivity index (χ1v) is 24.2. The molecule has 0 fully saturated rings. The van der Waals surface area contributed by atoms with Gasteiger partial charge in [-0.1, -0.05) is 158 Å². The van der Waals surface area contributed by atoms with Crippen molar-refractivity contribution in [1.29, 1.82) is 0 Å². The molecule has 0 unspecified atom stereocenters. The van der Waals surface area contributed by atoms with E-state index in [4.69, 9.17) is 15.0 Å². The molecule has 0 N–H and O–H groups in total. The lowest BCUT2D eigenvalue weighted by Crippen LogP contribution is -2.04. The fourth-order valence-electron chi connectivity index (χ4n) is 11.0. The number of para-hydroxylation sites is 2. The summed E-state index contributed by atoms with van der Waals surface area (Å²) in [6, 6.07) is 81.0. The third-order valence-corrected chi connectivity index (χ3v) is 15.2. The second kappa shape index (κ2) is 14.8. The Labute approximate surface area is 399 Å². The van der Waals surface area contributed by atoms with Crippen LogP contribution in [-0.2, 0) is 0 Å². The molecule has 0 aliphatic carbocycles. The molecule has 0 aliphatic rings. The molecular formula is C63H37N5S. The molecule has 0 bridgehead atoms. The number of rotatable bonds is 5. The molecule has 0 atom stereocenters. The molecule has 11 aromatic carbocycles. The molecule has 0 aliphatic heterocycles. The van der Waals surface area contributed by atoms with Gasteiger partial charge in [0.25, 0.3) is 0 Å². The lowest BCUT2D eigenvalue weighted by Gasteiger charge is -2.16. The van der Waals surface area contributed by atoms with Crippen LogP contribution in [0.15, 0.2) is 224 Å². The summed E-state index contributed by atoms with van der Waals surface area (Å²) in [4.78, 5) is 16.7. The molecule has 4 aromatic heterocycles. The summed E-state index contributed by atoms with van der Waals surface area (Å²) in [6.07, 6.45) is 0. The van der Waals surface area contributed by atoms with Crippen molar-refractivity contribution < 1.29 is 0 Å². The standard InChI is InChI=1S/C63H37N5S/c1-2-20-44(21-3-1)67-52-26-12-10-24-47(52)60-48(25-14-27-53(60)67)62-64-61(43-30-29-38-15-4-5-17-40(38)33-43)65-63(66-62)51-37-58-49(46-23-11-13-28-57(46)69-58)36-56(51)68-54-32-31-39-16-8-9-22-45(39)59(54)50-34-41-18-6-7-19-42(41)35-55(50)68/h1-37H. The Kier molecular flexibility index (Phi) is 8.17. The van der Waals surface area contributed by atoms with Crippen molar-refractivity contribution in [2.75, 3.05) is 0 Å². The highest BCUT2D eigenvalue weighted by Crippen LogP contribution is 2.45. The molecule has 0 spiro atoms. The highest BCUT2D eigenvalue weighted by atomic mass is 32.1. The molecule has 0 radical (unpaired) electrons. The van der Waals surface area contributed by atoms with Gasteiger partial charge in [-0.05, 0) is 99.0 Å². The highest BCUT2D eigenvalue weighted by Gasteiger charge is 2.25. The summed E-state index contributed by atoms with van der Waals surface area (Å²) in [6.45, 7) is 0. The average Bonchev–Trinajstić information content (AvgIpc) is 4.07. The molecule has 0 saturated carbocycles. The number of hydrogen-bond acceptors (Lipinski definition) is 4. The molecule has 320 valence electrons. The maximum Gasteiger partial charge on any atom is 0.166 e. The first kappa shape index (κ1) is 38.2. The molecule has 6 heteroatoms. The Bertz CT molecular complexity index is 4620. The van der Waals surface area contributed by atoms with Crippen LogP contribution in [0.1, 0.15) is 0 Å². The van der Waals surface area contributed by atoms with Gasteiger partial charge in [0.1, 0.15) is 0 Å². The average molecular weight is 896 g/mol. The van der Waals surface area contributed by atoms with E-state index in [2.05, 4.69) is 234 Å². The molecule has 15 rings (SSSR count). The Morgan fingerprint density at radius 2 is 0.928 bits per heavy atom. The highest BCUT2D eigenvalue weighted by molar-refractivity contribution is 7.25. The molecule has 5 nitrogen and oxygen atoms in total. The zero-order valence-electron chi connectivity index (χ0n) is 37.0. The van der Waals surface area contributed by atoms with E-state index < -0.39 is 0 Å². The number of hydrogen-bond donors (Lipinski definition) is 0. The lowest BCUT2D eigenvalue weighted by atomic mass is 10.0. The number of benzene rings is 11. The number of nitrogens with zero attached hydrogens (tertiary/aromatic N) is 5. The molecule has 15 aromatic rings. The van der Waals surface area contributed by atoms with Crippen molar-refractivity contribution in [3.8, 4) is 45.5 Å². The van der Waals surface area contributed by atoms with Crippen LogP contribution in [0.2, 0.25) is 0 Å². The van der Waals surface area contributed by atoms with Crippen LogP contribution >= 0.6 is 11.3 Å². The first-order valence-electron chi connectivity index (χ1n) is 23.3. The van der Waals surface area contributed by atoms with Crippen molar-refractivity contribution in [3.63, 3.8) is 0 Å². The van der Waals surface area contributed by atoms with Crippen molar-refractivity contribution >= 4 is 107 Å². The summed E-state index contributed by atoms with van der Waals surface area (Å²) in [5.74, 6) is 1.84. The van der Waals surface area contributed by atoms with E-state index in [0.29, 0.717) is 17.5 Å². The monoisotopic (exact) mass is 895 g/mol. The second-order valence-corrected chi connectivity index (χ2v) is 19.0. The van der Waals surface area contributed by atoms with Gasteiger partial charge in [0.05, 0.1) is 27.8 Å². The van der Waals surface area contributed by atoms with E-state index in [1.54, 1.807) is 0 Å². The predicted octanol–water partition coefficient (Wildman–Crippen LogP) is 16.9. The van der Waals surface area contributed by atoms with Crippen LogP contribution in [0.5, 0.6) is 0 Å². The minimum Gasteiger partial charge on any atom is -0.309 e. The van der Waals surface area contributed by atoms with Crippen molar-refractivity contribution in [2.24, 2.45) is 0 Å². The SMILES string of the molecule is c1ccc(-n2c3ccccc3c3c(-c4nc(-c5ccc6ccccc6c5)nc(-c5cc6sc7ccccc7c6cc5-n5c6cc7ccccc7cc6c6c7ccccc7ccc65)n4)cccc32)cc1.